The Labute approximate surface area is 77.3 Å². The first-order valence-electron chi connectivity index (χ1n) is 4.35. The molecule has 1 aliphatic heterocycles. The van der Waals surface area contributed by atoms with Gasteiger partial charge in [0.2, 0.25) is 0 Å². The van der Waals surface area contributed by atoms with Crippen LogP contribution in [-0.2, 0) is 0 Å². The summed E-state index contributed by atoms with van der Waals surface area (Å²) in [6, 6.07) is 0. The molecular formula is C8H14N4O. The van der Waals surface area contributed by atoms with E-state index in [-0.39, 0.29) is 11.5 Å². The van der Waals surface area contributed by atoms with Crippen LogP contribution in [-0.4, -0.2) is 41.1 Å². The molecule has 0 spiro atoms. The van der Waals surface area contributed by atoms with Crippen LogP contribution in [0.4, 0.5) is 0 Å². The molecule has 5 nitrogen and oxygen atoms in total. The lowest BCUT2D eigenvalue weighted by atomic mass is 10.2. The average molecular weight is 182 g/mol. The van der Waals surface area contributed by atoms with Gasteiger partial charge in [-0.25, -0.2) is 0 Å². The SMILES string of the molecule is CCCCN1CN=CC(=NO)C1=N. The van der Waals surface area contributed by atoms with Gasteiger partial charge < -0.3 is 10.1 Å². The molecule has 0 aromatic carbocycles. The number of rotatable bonds is 3. The van der Waals surface area contributed by atoms with E-state index in [0.717, 1.165) is 19.4 Å². The Morgan fingerprint density at radius 3 is 3.15 bits per heavy atom. The highest BCUT2D eigenvalue weighted by Gasteiger charge is 2.17. The van der Waals surface area contributed by atoms with E-state index in [1.54, 1.807) is 4.90 Å². The van der Waals surface area contributed by atoms with E-state index in [0.29, 0.717) is 6.67 Å². The minimum absolute atomic E-state index is 0.238. The zero-order valence-corrected chi connectivity index (χ0v) is 7.69. The number of unbranched alkanes of at least 4 members (excludes halogenated alkanes) is 1. The topological polar surface area (TPSA) is 72.0 Å². The number of nitrogens with one attached hydrogen (secondary N) is 1. The zero-order chi connectivity index (χ0) is 9.68. The normalized spacial score (nSPS) is 19.9. The van der Waals surface area contributed by atoms with Crippen molar-refractivity contribution in [1.29, 1.82) is 5.41 Å². The summed E-state index contributed by atoms with van der Waals surface area (Å²) in [6.07, 6.45) is 3.53. The lowest BCUT2D eigenvalue weighted by molar-refractivity contribution is 0.319. The van der Waals surface area contributed by atoms with Crippen LogP contribution in [0.1, 0.15) is 19.8 Å². The Kier molecular flexibility index (Phi) is 3.42. The predicted octanol–water partition coefficient (Wildman–Crippen LogP) is 0.938. The van der Waals surface area contributed by atoms with E-state index >= 15 is 0 Å². The maximum absolute atomic E-state index is 8.53. The van der Waals surface area contributed by atoms with Crippen molar-refractivity contribution in [3.63, 3.8) is 0 Å². The number of oxime groups is 1. The van der Waals surface area contributed by atoms with Crippen LogP contribution in [0.15, 0.2) is 10.1 Å². The van der Waals surface area contributed by atoms with E-state index in [2.05, 4.69) is 17.1 Å². The van der Waals surface area contributed by atoms with Crippen molar-refractivity contribution in [1.82, 2.24) is 4.90 Å². The van der Waals surface area contributed by atoms with Crippen molar-refractivity contribution >= 4 is 17.8 Å². The Balaban J connectivity index is 2.59. The van der Waals surface area contributed by atoms with Gasteiger partial charge in [0.25, 0.3) is 0 Å². The highest BCUT2D eigenvalue weighted by atomic mass is 16.4. The first kappa shape index (κ1) is 9.70. The van der Waals surface area contributed by atoms with E-state index < -0.39 is 0 Å². The third kappa shape index (κ3) is 2.27. The third-order valence-corrected chi connectivity index (χ3v) is 1.91. The largest absolute Gasteiger partial charge is 0.410 e. The first-order chi connectivity index (χ1) is 6.29. The second-order valence-electron chi connectivity index (χ2n) is 2.90. The fourth-order valence-electron chi connectivity index (χ4n) is 1.12. The van der Waals surface area contributed by atoms with Gasteiger partial charge in [0.15, 0.2) is 11.5 Å². The number of aliphatic imine (C=N–C) groups is 1. The number of amidine groups is 1. The van der Waals surface area contributed by atoms with Crippen molar-refractivity contribution in [2.24, 2.45) is 10.1 Å². The average Bonchev–Trinajstić information content (AvgIpc) is 2.16. The number of hydrogen-bond donors (Lipinski definition) is 2. The van der Waals surface area contributed by atoms with E-state index in [1.807, 2.05) is 0 Å². The fourth-order valence-corrected chi connectivity index (χ4v) is 1.12. The van der Waals surface area contributed by atoms with Gasteiger partial charge in [-0.3, -0.25) is 10.4 Å². The molecular weight excluding hydrogens is 168 g/mol. The summed E-state index contributed by atoms with van der Waals surface area (Å²) in [5.74, 6) is 0.256. The minimum atomic E-state index is 0.238. The van der Waals surface area contributed by atoms with Gasteiger partial charge in [-0.2, -0.15) is 0 Å². The van der Waals surface area contributed by atoms with E-state index in [4.69, 9.17) is 10.6 Å². The van der Waals surface area contributed by atoms with Crippen LogP contribution < -0.4 is 0 Å². The van der Waals surface area contributed by atoms with Crippen molar-refractivity contribution in [3.8, 4) is 0 Å². The third-order valence-electron chi connectivity index (χ3n) is 1.91. The van der Waals surface area contributed by atoms with Crippen LogP contribution in [0.5, 0.6) is 0 Å². The van der Waals surface area contributed by atoms with Crippen molar-refractivity contribution in [2.45, 2.75) is 19.8 Å². The van der Waals surface area contributed by atoms with Crippen LogP contribution in [0, 0.1) is 5.41 Å². The molecule has 72 valence electrons. The summed E-state index contributed by atoms with van der Waals surface area (Å²) in [6.45, 7) is 3.39. The standard InChI is InChI=1S/C8H14N4O/c1-2-3-4-12-6-10-5-7(11-13)8(12)9/h5,9,13H,2-4,6H2,1H3. The second-order valence-corrected chi connectivity index (χ2v) is 2.90. The molecule has 1 heterocycles. The summed E-state index contributed by atoms with van der Waals surface area (Å²) < 4.78 is 0. The molecule has 0 aliphatic carbocycles. The molecule has 0 saturated heterocycles. The lowest BCUT2D eigenvalue weighted by Crippen LogP contribution is -2.40. The highest BCUT2D eigenvalue weighted by molar-refractivity contribution is 6.61. The number of nitrogens with zero attached hydrogens (tertiary/aromatic N) is 3. The summed E-state index contributed by atoms with van der Waals surface area (Å²) >= 11 is 0. The van der Waals surface area contributed by atoms with Gasteiger partial charge in [-0.1, -0.05) is 18.5 Å². The molecule has 0 amide bonds. The molecule has 0 atom stereocenters. The minimum Gasteiger partial charge on any atom is -0.410 e. The molecule has 0 aromatic heterocycles. The van der Waals surface area contributed by atoms with Crippen molar-refractivity contribution in [3.05, 3.63) is 0 Å². The van der Waals surface area contributed by atoms with E-state index in [1.165, 1.54) is 6.21 Å². The summed E-state index contributed by atoms with van der Waals surface area (Å²) in [7, 11) is 0. The summed E-state index contributed by atoms with van der Waals surface area (Å²) in [5, 5.41) is 19.1. The van der Waals surface area contributed by atoms with Gasteiger partial charge in [-0.15, -0.1) is 0 Å². The van der Waals surface area contributed by atoms with Crippen LogP contribution in [0.3, 0.4) is 0 Å². The van der Waals surface area contributed by atoms with Crippen LogP contribution in [0.25, 0.3) is 0 Å². The molecule has 0 bridgehead atoms. The molecule has 2 N–H and O–H groups in total. The van der Waals surface area contributed by atoms with Crippen molar-refractivity contribution in [2.75, 3.05) is 13.2 Å². The Morgan fingerprint density at radius 1 is 1.77 bits per heavy atom. The van der Waals surface area contributed by atoms with Crippen molar-refractivity contribution < 1.29 is 5.21 Å². The Bertz CT molecular complexity index is 247. The van der Waals surface area contributed by atoms with Gasteiger partial charge >= 0.3 is 0 Å². The summed E-state index contributed by atoms with van der Waals surface area (Å²) in [5.41, 5.74) is 0.238. The Hall–Kier alpha value is -1.39. The first-order valence-corrected chi connectivity index (χ1v) is 4.35. The monoisotopic (exact) mass is 182 g/mol. The van der Waals surface area contributed by atoms with Gasteiger partial charge in [0.1, 0.15) is 6.67 Å². The Morgan fingerprint density at radius 2 is 2.54 bits per heavy atom. The van der Waals surface area contributed by atoms with Crippen LogP contribution >= 0.6 is 0 Å². The van der Waals surface area contributed by atoms with Crippen LogP contribution in [0.2, 0.25) is 0 Å². The quantitative estimate of drug-likeness (QED) is 0.503. The predicted molar refractivity (Wildman–Crippen MR) is 51.9 cm³/mol. The molecule has 0 aromatic rings. The molecule has 0 unspecified atom stereocenters. The zero-order valence-electron chi connectivity index (χ0n) is 7.69. The maximum Gasteiger partial charge on any atom is 0.162 e. The van der Waals surface area contributed by atoms with E-state index in [9.17, 15) is 0 Å². The fraction of sp³-hybridized carbons (Fsp3) is 0.625. The smallest absolute Gasteiger partial charge is 0.162 e. The molecule has 0 radical (unpaired) electrons. The highest BCUT2D eigenvalue weighted by Crippen LogP contribution is 2.01. The van der Waals surface area contributed by atoms with Gasteiger partial charge in [0, 0.05) is 6.54 Å². The molecule has 5 heteroatoms. The molecule has 1 aliphatic rings. The number of hydrogen-bond acceptors (Lipinski definition) is 4. The second kappa shape index (κ2) is 4.59. The van der Waals surface area contributed by atoms with Gasteiger partial charge in [0.05, 0.1) is 6.21 Å². The molecule has 13 heavy (non-hydrogen) atoms. The summed E-state index contributed by atoms with van der Waals surface area (Å²) in [4.78, 5) is 5.77. The molecule has 1 rings (SSSR count). The molecule has 0 fully saturated rings. The maximum atomic E-state index is 8.53. The molecule has 0 saturated carbocycles. The van der Waals surface area contributed by atoms with Gasteiger partial charge in [-0.05, 0) is 6.42 Å². The lowest BCUT2D eigenvalue weighted by Gasteiger charge is -2.25.